The normalized spacial score (nSPS) is 21.1. The number of rotatable bonds is 7. The Bertz CT molecular complexity index is 1260. The standard InChI is InChI=1S/2C14H20N4O2/c1-5-16-7-10(2)13(19-3)12-14(16)18-9-17(20-4)8-11(18)6-15-12;1-4-6-16-7-5-12(19-2)13-14(16)18-10-17(20-3)9-11(18)8-15-13/h6,8H,5,7,9H2,1-4H3;5,8-9H,4,6-7,10H2,1-3H3. The Hall–Kier alpha value is -3.90. The highest BCUT2D eigenvalue weighted by molar-refractivity contribution is 5.82. The largest absolute Gasteiger partial charge is 0.495 e. The number of aliphatic imine (C=N–C) groups is 2. The number of methoxy groups -OCH3 is 2. The van der Waals surface area contributed by atoms with Crippen molar-refractivity contribution in [1.82, 2.24) is 29.7 Å². The third-order valence-electron chi connectivity index (χ3n) is 7.45. The maximum atomic E-state index is 5.56. The van der Waals surface area contributed by atoms with E-state index in [-0.39, 0.29) is 0 Å². The zero-order chi connectivity index (χ0) is 28.4. The molecule has 40 heavy (non-hydrogen) atoms. The molecule has 0 N–H and O–H groups in total. The highest BCUT2D eigenvalue weighted by Crippen LogP contribution is 2.37. The summed E-state index contributed by atoms with van der Waals surface area (Å²) >= 11 is 0. The summed E-state index contributed by atoms with van der Waals surface area (Å²) in [6, 6.07) is 0. The topological polar surface area (TPSA) is 81.1 Å². The fraction of sp³-hybridized carbons (Fsp3) is 0.500. The van der Waals surface area contributed by atoms with Crippen molar-refractivity contribution >= 4 is 12.4 Å². The molecule has 6 aliphatic rings. The van der Waals surface area contributed by atoms with Gasteiger partial charge < -0.3 is 29.1 Å². The van der Waals surface area contributed by atoms with Crippen LogP contribution in [-0.2, 0) is 19.1 Å². The summed E-state index contributed by atoms with van der Waals surface area (Å²) < 4.78 is 11.0. The number of allylic oxidation sites excluding steroid dienone is 2. The van der Waals surface area contributed by atoms with Crippen LogP contribution in [0.4, 0.5) is 0 Å². The molecular weight excluding hydrogens is 512 g/mol. The summed E-state index contributed by atoms with van der Waals surface area (Å²) in [7, 11) is 6.74. The zero-order valence-electron chi connectivity index (χ0n) is 24.5. The first-order valence-electron chi connectivity index (χ1n) is 13.6. The molecule has 0 atom stereocenters. The Labute approximate surface area is 236 Å². The van der Waals surface area contributed by atoms with Crippen molar-refractivity contribution < 1.29 is 19.1 Å². The SMILES string of the molecule is CCCN1CC=C(OC)C2=C1N1CN(OC)C=C1C=N2.CCN1CC(C)=C(OC)C2=C1N1CN(OC)C=C1C=N2. The Balaban J connectivity index is 0.000000161. The van der Waals surface area contributed by atoms with E-state index in [1.54, 1.807) is 38.6 Å². The number of nitrogens with zero attached hydrogens (tertiary/aromatic N) is 8. The number of hydrogen-bond acceptors (Lipinski definition) is 12. The van der Waals surface area contributed by atoms with E-state index in [2.05, 4.69) is 56.4 Å². The van der Waals surface area contributed by atoms with Crippen molar-refractivity contribution in [2.45, 2.75) is 27.2 Å². The molecule has 0 aromatic carbocycles. The van der Waals surface area contributed by atoms with Crippen LogP contribution in [0.5, 0.6) is 0 Å². The van der Waals surface area contributed by atoms with Gasteiger partial charge in [0.25, 0.3) is 0 Å². The molecule has 0 aliphatic carbocycles. The van der Waals surface area contributed by atoms with Crippen molar-refractivity contribution in [2.75, 3.05) is 68.0 Å². The zero-order valence-corrected chi connectivity index (χ0v) is 24.5. The highest BCUT2D eigenvalue weighted by Gasteiger charge is 2.37. The van der Waals surface area contributed by atoms with E-state index in [0.29, 0.717) is 13.3 Å². The van der Waals surface area contributed by atoms with Crippen molar-refractivity contribution in [2.24, 2.45) is 9.98 Å². The first-order valence-corrected chi connectivity index (χ1v) is 13.6. The average Bonchev–Trinajstić information content (AvgIpc) is 3.61. The number of hydroxylamine groups is 4. The van der Waals surface area contributed by atoms with Crippen molar-refractivity contribution in [1.29, 1.82) is 0 Å². The summed E-state index contributed by atoms with van der Waals surface area (Å²) in [5, 5.41) is 3.59. The highest BCUT2D eigenvalue weighted by atomic mass is 16.7. The van der Waals surface area contributed by atoms with Crippen LogP contribution in [-0.4, -0.2) is 110 Å². The molecule has 0 bridgehead atoms. The molecule has 0 aromatic rings. The van der Waals surface area contributed by atoms with E-state index in [1.807, 2.05) is 24.8 Å². The third-order valence-corrected chi connectivity index (χ3v) is 7.45. The second kappa shape index (κ2) is 11.7. The number of hydrogen-bond donors (Lipinski definition) is 0. The van der Waals surface area contributed by atoms with Gasteiger partial charge in [0.15, 0.2) is 0 Å². The molecular formula is C28H40N8O4. The lowest BCUT2D eigenvalue weighted by atomic mass is 10.1. The van der Waals surface area contributed by atoms with Gasteiger partial charge in [-0.1, -0.05) is 6.92 Å². The second-order valence-corrected chi connectivity index (χ2v) is 9.85. The molecule has 0 fully saturated rings. The molecule has 6 rings (SSSR count). The van der Waals surface area contributed by atoms with Gasteiger partial charge in [-0.2, -0.15) is 0 Å². The Kier molecular flexibility index (Phi) is 8.08. The molecule has 0 amide bonds. The average molecular weight is 553 g/mol. The van der Waals surface area contributed by atoms with Gasteiger partial charge in [0.2, 0.25) is 0 Å². The Morgan fingerprint density at radius 2 is 1.40 bits per heavy atom. The quantitative estimate of drug-likeness (QED) is 0.470. The first-order chi connectivity index (χ1) is 19.5. The maximum Gasteiger partial charge on any atom is 0.148 e. The molecule has 216 valence electrons. The number of ether oxygens (including phenoxy) is 2. The first kappa shape index (κ1) is 27.7. The van der Waals surface area contributed by atoms with Gasteiger partial charge in [-0.25, -0.2) is 20.1 Å². The predicted octanol–water partition coefficient (Wildman–Crippen LogP) is 2.95. The molecule has 0 saturated heterocycles. The molecule has 0 saturated carbocycles. The van der Waals surface area contributed by atoms with Gasteiger partial charge in [0.05, 0.1) is 64.7 Å². The van der Waals surface area contributed by atoms with Crippen LogP contribution in [0.2, 0.25) is 0 Å². The minimum atomic E-state index is 0.670. The van der Waals surface area contributed by atoms with E-state index in [1.165, 1.54) is 5.57 Å². The van der Waals surface area contributed by atoms with Crippen molar-refractivity contribution in [3.63, 3.8) is 0 Å². The molecule has 0 aromatic heterocycles. The summed E-state index contributed by atoms with van der Waals surface area (Å²) in [5.74, 6) is 3.94. The summed E-state index contributed by atoms with van der Waals surface area (Å²) in [6.07, 6.45) is 10.8. The van der Waals surface area contributed by atoms with Crippen LogP contribution in [0.15, 0.2) is 80.0 Å². The summed E-state index contributed by atoms with van der Waals surface area (Å²) in [6.45, 7) is 11.4. The fourth-order valence-corrected chi connectivity index (χ4v) is 5.56. The monoisotopic (exact) mass is 552 g/mol. The van der Waals surface area contributed by atoms with Gasteiger partial charge in [0, 0.05) is 26.2 Å². The molecule has 12 heteroatoms. The molecule has 6 heterocycles. The Morgan fingerprint density at radius 3 is 1.93 bits per heavy atom. The summed E-state index contributed by atoms with van der Waals surface area (Å²) in [4.78, 5) is 28.8. The van der Waals surface area contributed by atoms with Crippen molar-refractivity contribution in [3.05, 3.63) is 70.0 Å². The van der Waals surface area contributed by atoms with Crippen LogP contribution in [0.25, 0.3) is 0 Å². The number of likely N-dealkylation sites (N-methyl/N-ethyl adjacent to an activating group) is 1. The van der Waals surface area contributed by atoms with Crippen LogP contribution in [0, 0.1) is 0 Å². The van der Waals surface area contributed by atoms with E-state index in [0.717, 1.165) is 78.5 Å². The Morgan fingerprint density at radius 1 is 0.800 bits per heavy atom. The lowest BCUT2D eigenvalue weighted by molar-refractivity contribution is -0.0972. The summed E-state index contributed by atoms with van der Waals surface area (Å²) in [5.41, 5.74) is 5.11. The maximum absolute atomic E-state index is 5.56. The minimum Gasteiger partial charge on any atom is -0.495 e. The molecule has 6 aliphatic heterocycles. The molecule has 0 radical (unpaired) electrons. The van der Waals surface area contributed by atoms with Gasteiger partial charge in [-0.05, 0) is 31.9 Å². The molecule has 0 spiro atoms. The van der Waals surface area contributed by atoms with Gasteiger partial charge in [-0.15, -0.1) is 0 Å². The van der Waals surface area contributed by atoms with Crippen LogP contribution >= 0.6 is 0 Å². The van der Waals surface area contributed by atoms with Gasteiger partial charge in [-0.3, -0.25) is 9.68 Å². The van der Waals surface area contributed by atoms with E-state index >= 15 is 0 Å². The predicted molar refractivity (Wildman–Crippen MR) is 152 cm³/mol. The van der Waals surface area contributed by atoms with Crippen LogP contribution in [0.1, 0.15) is 27.2 Å². The molecule has 0 unspecified atom stereocenters. The van der Waals surface area contributed by atoms with Crippen LogP contribution < -0.4 is 0 Å². The van der Waals surface area contributed by atoms with E-state index in [4.69, 9.17) is 19.1 Å². The minimum absolute atomic E-state index is 0.670. The smallest absolute Gasteiger partial charge is 0.148 e. The lowest BCUT2D eigenvalue weighted by Crippen LogP contribution is -2.42. The van der Waals surface area contributed by atoms with Gasteiger partial charge in [0.1, 0.15) is 47.9 Å². The second-order valence-electron chi connectivity index (χ2n) is 9.85. The van der Waals surface area contributed by atoms with Gasteiger partial charge >= 0.3 is 0 Å². The fourth-order valence-electron chi connectivity index (χ4n) is 5.56. The van der Waals surface area contributed by atoms with Crippen LogP contribution in [0.3, 0.4) is 0 Å². The number of fused-ring (bicyclic) bond motifs is 4. The van der Waals surface area contributed by atoms with E-state index < -0.39 is 0 Å². The third kappa shape index (κ3) is 4.81. The lowest BCUT2D eigenvalue weighted by Gasteiger charge is -2.39. The molecule has 12 nitrogen and oxygen atoms in total. The van der Waals surface area contributed by atoms with Crippen molar-refractivity contribution in [3.8, 4) is 0 Å². The van der Waals surface area contributed by atoms with E-state index in [9.17, 15) is 0 Å².